The van der Waals surface area contributed by atoms with E-state index in [2.05, 4.69) is 39.4 Å². The quantitative estimate of drug-likeness (QED) is 0.570. The maximum absolute atomic E-state index is 3.80. The number of thioether (sulfide) groups is 1. The van der Waals surface area contributed by atoms with Crippen LogP contribution in [0.4, 0.5) is 0 Å². The topological polar surface area (TPSA) is 0 Å². The zero-order chi connectivity index (χ0) is 8.32. The molecule has 1 aliphatic heterocycles. The number of nitrogens with zero attached hydrogens (tertiary/aromatic N) is 1. The fourth-order valence-corrected chi connectivity index (χ4v) is 1.54. The first-order chi connectivity index (χ1) is 5.14. The summed E-state index contributed by atoms with van der Waals surface area (Å²) in [4.78, 5) is 1.36. The molecule has 1 aliphatic rings. The molecule has 1 nitrogen and oxygen atoms in total. The summed E-state index contributed by atoms with van der Waals surface area (Å²) in [5, 5.41) is 0. The van der Waals surface area contributed by atoms with Crippen LogP contribution in [0.15, 0.2) is 23.3 Å². The lowest BCUT2D eigenvalue weighted by atomic mass is 10.3. The maximum Gasteiger partial charge on any atom is 0.103 e. The van der Waals surface area contributed by atoms with Crippen molar-refractivity contribution in [3.05, 3.63) is 30.2 Å². The molecule has 0 saturated carbocycles. The first kappa shape index (κ1) is 8.88. The molecule has 1 radical (unpaired) electrons. The van der Waals surface area contributed by atoms with Gasteiger partial charge in [0.15, 0.2) is 0 Å². The van der Waals surface area contributed by atoms with Crippen LogP contribution in [0.25, 0.3) is 0 Å². The number of quaternary nitrogens is 1. The van der Waals surface area contributed by atoms with Crippen LogP contribution in [-0.2, 0) is 0 Å². The average molecular weight is 169 g/mol. The van der Waals surface area contributed by atoms with Gasteiger partial charge in [-0.25, -0.2) is 0 Å². The van der Waals surface area contributed by atoms with Crippen LogP contribution in [0.3, 0.4) is 0 Å². The standard InChI is InChI=1S/C9H15NS/c1-4-11-9-5-7-10(2,3)8-6-9/h5-7H,1,4,8H2,2-3H3/q+1. The normalized spacial score (nSPS) is 21.5. The van der Waals surface area contributed by atoms with Crippen LogP contribution < -0.4 is 0 Å². The largest absolute Gasteiger partial charge is 0.299 e. The molecular formula is C9H15NS+. The van der Waals surface area contributed by atoms with E-state index in [1.165, 1.54) is 4.91 Å². The zero-order valence-electron chi connectivity index (χ0n) is 7.21. The maximum atomic E-state index is 3.80. The van der Waals surface area contributed by atoms with E-state index in [1.807, 2.05) is 0 Å². The van der Waals surface area contributed by atoms with E-state index in [0.29, 0.717) is 0 Å². The monoisotopic (exact) mass is 169 g/mol. The summed E-state index contributed by atoms with van der Waals surface area (Å²) in [5.74, 6) is 0.920. The van der Waals surface area contributed by atoms with Gasteiger partial charge in [0.05, 0.1) is 20.3 Å². The highest BCUT2D eigenvalue weighted by molar-refractivity contribution is 8.03. The van der Waals surface area contributed by atoms with Gasteiger partial charge in [0.2, 0.25) is 0 Å². The first-order valence-corrected chi connectivity index (χ1v) is 4.77. The molecule has 61 valence electrons. The predicted octanol–water partition coefficient (Wildman–Crippen LogP) is 2.04. The minimum atomic E-state index is 0.920. The van der Waals surface area contributed by atoms with E-state index in [9.17, 15) is 0 Å². The number of likely N-dealkylation sites (N-methyl/N-ethyl adjacent to an activating group) is 1. The molecule has 0 aliphatic carbocycles. The summed E-state index contributed by atoms with van der Waals surface area (Å²) in [5.41, 5.74) is 0. The van der Waals surface area contributed by atoms with Gasteiger partial charge in [0, 0.05) is 11.0 Å². The van der Waals surface area contributed by atoms with E-state index >= 15 is 0 Å². The molecule has 0 unspecified atom stereocenters. The molecule has 0 aromatic rings. The summed E-state index contributed by atoms with van der Waals surface area (Å²) >= 11 is 1.81. The molecule has 0 N–H and O–H groups in total. The van der Waals surface area contributed by atoms with Crippen molar-refractivity contribution in [2.75, 3.05) is 26.4 Å². The second kappa shape index (κ2) is 3.46. The molecule has 1 heterocycles. The summed E-state index contributed by atoms with van der Waals surface area (Å²) in [6.07, 6.45) is 6.67. The second-order valence-corrected chi connectivity index (χ2v) is 4.40. The van der Waals surface area contributed by atoms with E-state index in [-0.39, 0.29) is 0 Å². The van der Waals surface area contributed by atoms with Gasteiger partial charge in [-0.05, 0) is 18.8 Å². The first-order valence-electron chi connectivity index (χ1n) is 3.78. The molecule has 0 saturated heterocycles. The summed E-state index contributed by atoms with van der Waals surface area (Å²) < 4.78 is 0.960. The molecule has 0 aromatic carbocycles. The summed E-state index contributed by atoms with van der Waals surface area (Å²) in [6, 6.07) is 0. The fourth-order valence-electron chi connectivity index (χ4n) is 0.954. The molecule has 0 atom stereocenters. The van der Waals surface area contributed by atoms with E-state index < -0.39 is 0 Å². The van der Waals surface area contributed by atoms with Gasteiger partial charge in [-0.15, -0.1) is 11.8 Å². The van der Waals surface area contributed by atoms with Crippen molar-refractivity contribution in [1.82, 2.24) is 0 Å². The van der Waals surface area contributed by atoms with Gasteiger partial charge in [0.1, 0.15) is 6.54 Å². The highest BCUT2D eigenvalue weighted by atomic mass is 32.2. The van der Waals surface area contributed by atoms with Crippen molar-refractivity contribution in [3.8, 4) is 0 Å². The van der Waals surface area contributed by atoms with Crippen molar-refractivity contribution in [3.63, 3.8) is 0 Å². The number of hydrogen-bond donors (Lipinski definition) is 0. The van der Waals surface area contributed by atoms with Crippen molar-refractivity contribution in [2.45, 2.75) is 0 Å². The molecule has 0 fully saturated rings. The molecular weight excluding hydrogens is 154 g/mol. The highest BCUT2D eigenvalue weighted by Gasteiger charge is 2.13. The molecule has 0 spiro atoms. The Bertz CT molecular complexity index is 192. The van der Waals surface area contributed by atoms with Crippen molar-refractivity contribution in [2.24, 2.45) is 0 Å². The van der Waals surface area contributed by atoms with Crippen LogP contribution >= 0.6 is 11.8 Å². The van der Waals surface area contributed by atoms with Gasteiger partial charge in [-0.2, -0.15) is 0 Å². The minimum absolute atomic E-state index is 0.920. The number of allylic oxidation sites excluding steroid dienone is 1. The third-order valence-electron chi connectivity index (χ3n) is 1.67. The summed E-state index contributed by atoms with van der Waals surface area (Å²) in [6.45, 7) is 4.90. The van der Waals surface area contributed by atoms with Crippen molar-refractivity contribution in [1.29, 1.82) is 0 Å². The smallest absolute Gasteiger partial charge is 0.103 e. The molecule has 11 heavy (non-hydrogen) atoms. The highest BCUT2D eigenvalue weighted by Crippen LogP contribution is 2.21. The molecule has 0 bridgehead atoms. The Hall–Kier alpha value is -0.210. The van der Waals surface area contributed by atoms with E-state index in [4.69, 9.17) is 0 Å². The van der Waals surface area contributed by atoms with E-state index in [1.54, 1.807) is 11.8 Å². The average Bonchev–Trinajstić information content (AvgIpc) is 1.94. The lowest BCUT2D eigenvalue weighted by Gasteiger charge is -2.26. The van der Waals surface area contributed by atoms with Gasteiger partial charge in [-0.3, -0.25) is 4.48 Å². The Morgan fingerprint density at radius 3 is 2.82 bits per heavy atom. The third kappa shape index (κ3) is 2.72. The Morgan fingerprint density at radius 1 is 1.64 bits per heavy atom. The van der Waals surface area contributed by atoms with Crippen LogP contribution in [0.1, 0.15) is 0 Å². The Labute approximate surface area is 73.4 Å². The second-order valence-electron chi connectivity index (χ2n) is 3.23. The number of rotatable bonds is 2. The fraction of sp³-hybridized carbons (Fsp3) is 0.444. The predicted molar refractivity (Wildman–Crippen MR) is 52.0 cm³/mol. The van der Waals surface area contributed by atoms with Crippen LogP contribution in [-0.4, -0.2) is 30.9 Å². The van der Waals surface area contributed by atoms with Gasteiger partial charge < -0.3 is 0 Å². The molecule has 0 aromatic heterocycles. The van der Waals surface area contributed by atoms with Crippen molar-refractivity contribution >= 4 is 11.8 Å². The zero-order valence-corrected chi connectivity index (χ0v) is 8.03. The minimum Gasteiger partial charge on any atom is -0.299 e. The van der Waals surface area contributed by atoms with E-state index in [0.717, 1.165) is 16.8 Å². The van der Waals surface area contributed by atoms with Gasteiger partial charge in [-0.1, -0.05) is 0 Å². The Balaban J connectivity index is 2.53. The molecule has 2 heteroatoms. The Morgan fingerprint density at radius 2 is 2.36 bits per heavy atom. The van der Waals surface area contributed by atoms with Crippen LogP contribution in [0.5, 0.6) is 0 Å². The lowest BCUT2D eigenvalue weighted by Crippen LogP contribution is -2.34. The third-order valence-corrected chi connectivity index (χ3v) is 2.51. The van der Waals surface area contributed by atoms with Gasteiger partial charge >= 0.3 is 0 Å². The Kier molecular flexibility index (Phi) is 2.79. The van der Waals surface area contributed by atoms with Gasteiger partial charge in [0.25, 0.3) is 0 Å². The molecule has 1 rings (SSSR count). The number of hydrogen-bond acceptors (Lipinski definition) is 1. The SMILES string of the molecule is [CH2]CSC1=CC[N+](C)(C)C=C1. The van der Waals surface area contributed by atoms with Crippen LogP contribution in [0, 0.1) is 6.92 Å². The lowest BCUT2D eigenvalue weighted by molar-refractivity contribution is -0.833. The summed E-state index contributed by atoms with van der Waals surface area (Å²) in [7, 11) is 4.39. The van der Waals surface area contributed by atoms with Crippen molar-refractivity contribution < 1.29 is 4.48 Å². The van der Waals surface area contributed by atoms with Crippen LogP contribution in [0.2, 0.25) is 0 Å². The molecule has 0 amide bonds.